The number of nitrogens with one attached hydrogen (secondary N) is 1. The lowest BCUT2D eigenvalue weighted by Crippen LogP contribution is -2.45. The van der Waals surface area contributed by atoms with Crippen LogP contribution in [0.1, 0.15) is 31.7 Å². The Morgan fingerprint density at radius 3 is 2.85 bits per heavy atom. The van der Waals surface area contributed by atoms with Crippen LogP contribution >= 0.6 is 0 Å². The summed E-state index contributed by atoms with van der Waals surface area (Å²) in [6.45, 7) is 3.14. The Balaban J connectivity index is 1.89. The summed E-state index contributed by atoms with van der Waals surface area (Å²) in [5.74, 6) is -0.00129. The van der Waals surface area contributed by atoms with E-state index < -0.39 is 0 Å². The highest BCUT2D eigenvalue weighted by molar-refractivity contribution is 5.92. The first-order chi connectivity index (χ1) is 9.72. The highest BCUT2D eigenvalue weighted by Crippen LogP contribution is 2.24. The molecule has 4 heteroatoms. The molecule has 0 saturated heterocycles. The van der Waals surface area contributed by atoms with Gasteiger partial charge in [0.05, 0.1) is 13.2 Å². The van der Waals surface area contributed by atoms with Crippen molar-refractivity contribution in [2.24, 2.45) is 0 Å². The van der Waals surface area contributed by atoms with E-state index in [1.807, 2.05) is 18.2 Å². The van der Waals surface area contributed by atoms with Crippen molar-refractivity contribution in [2.45, 2.75) is 38.6 Å². The maximum atomic E-state index is 12.1. The van der Waals surface area contributed by atoms with E-state index in [0.717, 1.165) is 24.9 Å². The SMILES string of the molecule is CCc1cccc(NC(=O)CN(CCO)C2CCC2)c1. The summed E-state index contributed by atoms with van der Waals surface area (Å²) in [7, 11) is 0. The summed E-state index contributed by atoms with van der Waals surface area (Å²) in [6.07, 6.45) is 4.46. The number of carbonyl (C=O) groups excluding carboxylic acids is 1. The third-order valence-corrected chi connectivity index (χ3v) is 3.94. The molecule has 0 spiro atoms. The first-order valence-electron chi connectivity index (χ1n) is 7.46. The average molecular weight is 276 g/mol. The van der Waals surface area contributed by atoms with Crippen LogP contribution in [0.3, 0.4) is 0 Å². The van der Waals surface area contributed by atoms with Gasteiger partial charge >= 0.3 is 0 Å². The first kappa shape index (κ1) is 15.0. The molecule has 0 heterocycles. The van der Waals surface area contributed by atoms with E-state index in [4.69, 9.17) is 5.11 Å². The molecule has 1 aromatic rings. The average Bonchev–Trinajstić information content (AvgIpc) is 2.37. The number of anilines is 1. The number of hydrogen-bond acceptors (Lipinski definition) is 3. The second-order valence-corrected chi connectivity index (χ2v) is 5.38. The molecule has 1 aliphatic carbocycles. The fraction of sp³-hybridized carbons (Fsp3) is 0.562. The number of rotatable bonds is 7. The Morgan fingerprint density at radius 1 is 1.45 bits per heavy atom. The summed E-state index contributed by atoms with van der Waals surface area (Å²) < 4.78 is 0. The standard InChI is InChI=1S/C16H24N2O2/c1-2-13-5-3-6-14(11-13)17-16(20)12-18(9-10-19)15-7-4-8-15/h3,5-6,11,15,19H,2,4,7-10,12H2,1H3,(H,17,20). The second kappa shape index (κ2) is 7.41. The van der Waals surface area contributed by atoms with Gasteiger partial charge in [-0.3, -0.25) is 9.69 Å². The number of carbonyl (C=O) groups is 1. The van der Waals surface area contributed by atoms with E-state index in [1.165, 1.54) is 12.0 Å². The van der Waals surface area contributed by atoms with Gasteiger partial charge in [0.25, 0.3) is 0 Å². The highest BCUT2D eigenvalue weighted by Gasteiger charge is 2.25. The predicted molar refractivity (Wildman–Crippen MR) is 80.7 cm³/mol. The van der Waals surface area contributed by atoms with Crippen molar-refractivity contribution >= 4 is 11.6 Å². The Labute approximate surface area is 120 Å². The fourth-order valence-corrected chi connectivity index (χ4v) is 2.52. The van der Waals surface area contributed by atoms with Crippen LogP contribution in [0, 0.1) is 0 Å². The van der Waals surface area contributed by atoms with Crippen molar-refractivity contribution < 1.29 is 9.90 Å². The predicted octanol–water partition coefficient (Wildman–Crippen LogP) is 2.03. The van der Waals surface area contributed by atoms with Crippen LogP contribution in [-0.2, 0) is 11.2 Å². The van der Waals surface area contributed by atoms with Crippen molar-refractivity contribution in [3.05, 3.63) is 29.8 Å². The van der Waals surface area contributed by atoms with Crippen LogP contribution in [0.4, 0.5) is 5.69 Å². The molecule has 1 fully saturated rings. The van der Waals surface area contributed by atoms with Crippen LogP contribution in [0.15, 0.2) is 24.3 Å². The van der Waals surface area contributed by atoms with E-state index in [-0.39, 0.29) is 12.5 Å². The minimum atomic E-state index is -0.00129. The topological polar surface area (TPSA) is 52.6 Å². The fourth-order valence-electron chi connectivity index (χ4n) is 2.52. The van der Waals surface area contributed by atoms with Crippen molar-refractivity contribution in [1.82, 2.24) is 4.90 Å². The molecule has 4 nitrogen and oxygen atoms in total. The molecule has 0 radical (unpaired) electrons. The zero-order valence-electron chi connectivity index (χ0n) is 12.1. The van der Waals surface area contributed by atoms with Crippen LogP contribution < -0.4 is 5.32 Å². The lowest BCUT2D eigenvalue weighted by molar-refractivity contribution is -0.118. The summed E-state index contributed by atoms with van der Waals surface area (Å²) in [6, 6.07) is 8.41. The Hall–Kier alpha value is -1.39. The van der Waals surface area contributed by atoms with Crippen LogP contribution in [0.2, 0.25) is 0 Å². The summed E-state index contributed by atoms with van der Waals surface area (Å²) >= 11 is 0. The van der Waals surface area contributed by atoms with Crippen molar-refractivity contribution in [1.29, 1.82) is 0 Å². The van der Waals surface area contributed by atoms with E-state index >= 15 is 0 Å². The van der Waals surface area contributed by atoms with Gasteiger partial charge in [-0.2, -0.15) is 0 Å². The van der Waals surface area contributed by atoms with Gasteiger partial charge in [-0.25, -0.2) is 0 Å². The largest absolute Gasteiger partial charge is 0.395 e. The van der Waals surface area contributed by atoms with Gasteiger partial charge in [0.2, 0.25) is 5.91 Å². The molecule has 1 amide bonds. The summed E-state index contributed by atoms with van der Waals surface area (Å²) in [5.41, 5.74) is 2.07. The molecule has 110 valence electrons. The quantitative estimate of drug-likeness (QED) is 0.801. The summed E-state index contributed by atoms with van der Waals surface area (Å²) in [5, 5.41) is 12.0. The van der Waals surface area contributed by atoms with E-state index in [2.05, 4.69) is 23.2 Å². The third-order valence-electron chi connectivity index (χ3n) is 3.94. The number of amides is 1. The number of aryl methyl sites for hydroxylation is 1. The number of aliphatic hydroxyl groups is 1. The maximum Gasteiger partial charge on any atom is 0.238 e. The molecule has 0 atom stereocenters. The molecule has 20 heavy (non-hydrogen) atoms. The molecule has 0 bridgehead atoms. The Kier molecular flexibility index (Phi) is 5.56. The molecule has 0 aliphatic heterocycles. The smallest absolute Gasteiger partial charge is 0.238 e. The number of nitrogens with zero attached hydrogens (tertiary/aromatic N) is 1. The van der Waals surface area contributed by atoms with Crippen molar-refractivity contribution in [2.75, 3.05) is 25.0 Å². The first-order valence-corrected chi connectivity index (χ1v) is 7.46. The summed E-state index contributed by atoms with van der Waals surface area (Å²) in [4.78, 5) is 14.2. The molecule has 2 rings (SSSR count). The van der Waals surface area contributed by atoms with Gasteiger partial charge in [0.1, 0.15) is 0 Å². The minimum absolute atomic E-state index is 0.00129. The molecule has 0 unspecified atom stereocenters. The van der Waals surface area contributed by atoms with Crippen LogP contribution in [-0.4, -0.2) is 41.7 Å². The monoisotopic (exact) mass is 276 g/mol. The molecule has 1 aliphatic rings. The van der Waals surface area contributed by atoms with Gasteiger partial charge in [-0.1, -0.05) is 25.5 Å². The van der Waals surface area contributed by atoms with Gasteiger partial charge in [0, 0.05) is 18.3 Å². The van der Waals surface area contributed by atoms with Crippen LogP contribution in [0.25, 0.3) is 0 Å². The number of hydrogen-bond donors (Lipinski definition) is 2. The lowest BCUT2D eigenvalue weighted by Gasteiger charge is -2.36. The van der Waals surface area contributed by atoms with Crippen molar-refractivity contribution in [3.63, 3.8) is 0 Å². The van der Waals surface area contributed by atoms with E-state index in [0.29, 0.717) is 19.1 Å². The number of benzene rings is 1. The molecular weight excluding hydrogens is 252 g/mol. The second-order valence-electron chi connectivity index (χ2n) is 5.38. The molecule has 0 aromatic heterocycles. The Morgan fingerprint density at radius 2 is 2.25 bits per heavy atom. The zero-order chi connectivity index (χ0) is 14.4. The normalized spacial score (nSPS) is 15.2. The molecular formula is C16H24N2O2. The molecule has 1 aromatic carbocycles. The Bertz CT molecular complexity index is 444. The van der Waals surface area contributed by atoms with E-state index in [1.54, 1.807) is 0 Å². The molecule has 2 N–H and O–H groups in total. The van der Waals surface area contributed by atoms with Crippen LogP contribution in [0.5, 0.6) is 0 Å². The zero-order valence-corrected chi connectivity index (χ0v) is 12.1. The van der Waals surface area contributed by atoms with E-state index in [9.17, 15) is 4.79 Å². The van der Waals surface area contributed by atoms with Gasteiger partial charge in [0.15, 0.2) is 0 Å². The van der Waals surface area contributed by atoms with Gasteiger partial charge in [-0.05, 0) is 37.0 Å². The van der Waals surface area contributed by atoms with Crippen molar-refractivity contribution in [3.8, 4) is 0 Å². The highest BCUT2D eigenvalue weighted by atomic mass is 16.3. The molecule has 1 saturated carbocycles. The van der Waals surface area contributed by atoms with Gasteiger partial charge < -0.3 is 10.4 Å². The third kappa shape index (κ3) is 4.05. The number of aliphatic hydroxyl groups excluding tert-OH is 1. The maximum absolute atomic E-state index is 12.1. The van der Waals surface area contributed by atoms with Gasteiger partial charge in [-0.15, -0.1) is 0 Å². The lowest BCUT2D eigenvalue weighted by atomic mass is 9.91. The minimum Gasteiger partial charge on any atom is -0.395 e.